The van der Waals surface area contributed by atoms with E-state index in [9.17, 15) is 0 Å². The molecule has 0 saturated carbocycles. The Morgan fingerprint density at radius 1 is 1.07 bits per heavy atom. The number of hydrogen-bond donors (Lipinski definition) is 0. The van der Waals surface area contributed by atoms with Crippen molar-refractivity contribution in [1.29, 1.82) is 0 Å². The molecule has 0 unspecified atom stereocenters. The molecule has 6 heteroatoms. The van der Waals surface area contributed by atoms with Crippen LogP contribution in [0, 0.1) is 13.8 Å². The highest BCUT2D eigenvalue weighted by atomic mass is 32.2. The lowest BCUT2D eigenvalue weighted by Crippen LogP contribution is -2.46. The molecule has 3 aromatic rings. The minimum absolute atomic E-state index is 0.795. The van der Waals surface area contributed by atoms with Crippen LogP contribution in [0.3, 0.4) is 0 Å². The Balaban J connectivity index is 1.18. The maximum Gasteiger partial charge on any atom is 0.256 e. The monoisotopic (exact) mass is 424 g/mol. The van der Waals surface area contributed by atoms with Gasteiger partial charge in [0.1, 0.15) is 11.3 Å². The summed E-state index contributed by atoms with van der Waals surface area (Å²) in [5.41, 5.74) is 5.51. The topological polar surface area (TPSA) is 41.7 Å². The third-order valence-corrected chi connectivity index (χ3v) is 6.61. The fourth-order valence-electron chi connectivity index (χ4n) is 4.12. The molecule has 0 bridgehead atoms. The van der Waals surface area contributed by atoms with Crippen LogP contribution < -0.4 is 9.64 Å². The van der Waals surface area contributed by atoms with Crippen LogP contribution in [0.15, 0.2) is 46.0 Å². The second kappa shape index (κ2) is 9.75. The molecule has 1 aromatic heterocycles. The number of fused-ring (bicyclic) bond motifs is 1. The first-order chi connectivity index (χ1) is 14.6. The van der Waals surface area contributed by atoms with Gasteiger partial charge in [0.05, 0.1) is 12.8 Å². The number of oxazole rings is 1. The Kier molecular flexibility index (Phi) is 6.85. The minimum atomic E-state index is 0.795. The summed E-state index contributed by atoms with van der Waals surface area (Å²) >= 11 is 1.73. The maximum atomic E-state index is 5.95. The SMILES string of the molecule is Cc1cc(C)c2oc(SCCCCN3CCN(c4ccccc4O[11CH3])CC3)nc2c1. The van der Waals surface area contributed by atoms with Crippen LogP contribution in [0.2, 0.25) is 0 Å². The Morgan fingerprint density at radius 2 is 1.87 bits per heavy atom. The average molecular weight is 425 g/mol. The van der Waals surface area contributed by atoms with Crippen molar-refractivity contribution in [3.05, 3.63) is 47.5 Å². The van der Waals surface area contributed by atoms with Gasteiger partial charge in [-0.3, -0.25) is 4.90 Å². The van der Waals surface area contributed by atoms with E-state index in [0.717, 1.165) is 66.1 Å². The van der Waals surface area contributed by atoms with E-state index < -0.39 is 0 Å². The summed E-state index contributed by atoms with van der Waals surface area (Å²) in [6, 6.07) is 12.6. The minimum Gasteiger partial charge on any atom is -0.495 e. The molecule has 30 heavy (non-hydrogen) atoms. The molecular weight excluding hydrogens is 393 g/mol. The van der Waals surface area contributed by atoms with Crippen LogP contribution in [0.5, 0.6) is 5.75 Å². The van der Waals surface area contributed by atoms with Crippen molar-refractivity contribution in [2.45, 2.75) is 31.9 Å². The number of aryl methyl sites for hydroxylation is 2. The van der Waals surface area contributed by atoms with Gasteiger partial charge in [-0.05, 0) is 62.6 Å². The molecule has 2 aromatic carbocycles. The quantitative estimate of drug-likeness (QED) is 0.368. The van der Waals surface area contributed by atoms with Crippen LogP contribution >= 0.6 is 11.8 Å². The second-order valence-corrected chi connectivity index (χ2v) is 9.01. The van der Waals surface area contributed by atoms with E-state index in [-0.39, 0.29) is 0 Å². The number of ether oxygens (including phenoxy) is 1. The zero-order chi connectivity index (χ0) is 20.9. The summed E-state index contributed by atoms with van der Waals surface area (Å²) in [6.45, 7) is 9.66. The number of piperazine rings is 1. The summed E-state index contributed by atoms with van der Waals surface area (Å²) in [5, 5.41) is 0.795. The first kappa shape index (κ1) is 21.1. The van der Waals surface area contributed by atoms with Gasteiger partial charge in [-0.25, -0.2) is 4.98 Å². The average Bonchev–Trinajstić information content (AvgIpc) is 3.17. The molecular formula is C24H31N3O2S. The zero-order valence-electron chi connectivity index (χ0n) is 18.2. The summed E-state index contributed by atoms with van der Waals surface area (Å²) in [6.07, 6.45) is 2.38. The van der Waals surface area contributed by atoms with Gasteiger partial charge < -0.3 is 14.1 Å². The van der Waals surface area contributed by atoms with Crippen LogP contribution in [0.25, 0.3) is 11.1 Å². The van der Waals surface area contributed by atoms with E-state index in [1.54, 1.807) is 18.9 Å². The summed E-state index contributed by atoms with van der Waals surface area (Å²) in [5.74, 6) is 2.01. The van der Waals surface area contributed by atoms with Crippen LogP contribution in [-0.2, 0) is 0 Å². The van der Waals surface area contributed by atoms with E-state index in [1.807, 2.05) is 12.1 Å². The molecule has 160 valence electrons. The maximum absolute atomic E-state index is 5.95. The number of benzene rings is 2. The van der Waals surface area contributed by atoms with Crippen molar-refractivity contribution < 1.29 is 9.15 Å². The third-order valence-electron chi connectivity index (χ3n) is 5.69. The first-order valence-corrected chi connectivity index (χ1v) is 11.7. The lowest BCUT2D eigenvalue weighted by molar-refractivity contribution is 0.253. The van der Waals surface area contributed by atoms with Crippen molar-refractivity contribution in [3.63, 3.8) is 0 Å². The number of hydrogen-bond acceptors (Lipinski definition) is 6. The van der Waals surface area contributed by atoms with Crippen LogP contribution in [0.4, 0.5) is 5.69 Å². The number of aromatic nitrogens is 1. The van der Waals surface area contributed by atoms with Crippen molar-refractivity contribution in [2.24, 2.45) is 0 Å². The fourth-order valence-corrected chi connectivity index (χ4v) is 4.95. The molecule has 0 N–H and O–H groups in total. The van der Waals surface area contributed by atoms with Gasteiger partial charge in [-0.2, -0.15) is 0 Å². The van der Waals surface area contributed by atoms with E-state index in [2.05, 4.69) is 52.9 Å². The van der Waals surface area contributed by atoms with E-state index >= 15 is 0 Å². The molecule has 0 radical (unpaired) electrons. The van der Waals surface area contributed by atoms with E-state index in [4.69, 9.17) is 9.15 Å². The fraction of sp³-hybridized carbons (Fsp3) is 0.458. The van der Waals surface area contributed by atoms with E-state index in [0.29, 0.717) is 0 Å². The lowest BCUT2D eigenvalue weighted by Gasteiger charge is -2.36. The largest absolute Gasteiger partial charge is 0.495 e. The highest BCUT2D eigenvalue weighted by Gasteiger charge is 2.19. The molecule has 0 atom stereocenters. The summed E-state index contributed by atoms with van der Waals surface area (Å²) < 4.78 is 11.5. The molecule has 0 spiro atoms. The molecule has 1 fully saturated rings. The standard InChI is InChI=1S/C24H31N3O2S/c1-18-16-19(2)23-20(17-18)25-24(29-23)30-15-7-6-10-26-11-13-27(14-12-26)21-8-4-5-9-22(21)28-3/h4-5,8-9,16-17H,6-7,10-15H2,1-3H3/i3-1. The van der Waals surface area contributed by atoms with Gasteiger partial charge in [-0.15, -0.1) is 0 Å². The number of nitrogens with zero attached hydrogens (tertiary/aromatic N) is 3. The molecule has 2 heterocycles. The third kappa shape index (κ3) is 4.93. The molecule has 0 aliphatic carbocycles. The van der Waals surface area contributed by atoms with Gasteiger partial charge in [0.15, 0.2) is 5.58 Å². The number of anilines is 1. The molecule has 0 amide bonds. The number of methoxy groups -OCH3 is 1. The van der Waals surface area contributed by atoms with Crippen LogP contribution in [-0.4, -0.2) is 55.5 Å². The number of para-hydroxylation sites is 2. The normalized spacial score (nSPS) is 15.1. The molecule has 4 rings (SSSR count). The number of rotatable bonds is 8. The number of unbranched alkanes of at least 4 members (excludes halogenated alkanes) is 1. The Labute approximate surface area is 183 Å². The smallest absolute Gasteiger partial charge is 0.256 e. The molecule has 1 saturated heterocycles. The summed E-state index contributed by atoms with van der Waals surface area (Å²) in [7, 11) is 1.75. The lowest BCUT2D eigenvalue weighted by atomic mass is 10.1. The second-order valence-electron chi connectivity index (χ2n) is 7.97. The first-order valence-electron chi connectivity index (χ1n) is 10.7. The highest BCUT2D eigenvalue weighted by molar-refractivity contribution is 7.99. The number of thioether (sulfide) groups is 1. The van der Waals surface area contributed by atoms with Gasteiger partial charge in [0.2, 0.25) is 0 Å². The zero-order valence-corrected chi connectivity index (χ0v) is 19.0. The van der Waals surface area contributed by atoms with Crippen molar-refractivity contribution in [2.75, 3.05) is 50.5 Å². The van der Waals surface area contributed by atoms with Crippen LogP contribution in [0.1, 0.15) is 24.0 Å². The van der Waals surface area contributed by atoms with Gasteiger partial charge in [0.25, 0.3) is 5.22 Å². The Hall–Kier alpha value is -2.18. The van der Waals surface area contributed by atoms with Gasteiger partial charge in [0, 0.05) is 31.9 Å². The van der Waals surface area contributed by atoms with Crippen molar-refractivity contribution >= 4 is 28.5 Å². The van der Waals surface area contributed by atoms with Crippen molar-refractivity contribution in [3.8, 4) is 5.75 Å². The predicted molar refractivity (Wildman–Crippen MR) is 125 cm³/mol. The molecule has 1 aliphatic heterocycles. The van der Waals surface area contributed by atoms with E-state index in [1.165, 1.54) is 24.1 Å². The summed E-state index contributed by atoms with van der Waals surface area (Å²) in [4.78, 5) is 9.65. The highest BCUT2D eigenvalue weighted by Crippen LogP contribution is 2.29. The molecule has 1 aliphatic rings. The molecule has 5 nitrogen and oxygen atoms in total. The Bertz CT molecular complexity index is 980. The van der Waals surface area contributed by atoms with Gasteiger partial charge in [-0.1, -0.05) is 30.0 Å². The Morgan fingerprint density at radius 3 is 2.67 bits per heavy atom. The van der Waals surface area contributed by atoms with Crippen molar-refractivity contribution in [1.82, 2.24) is 9.88 Å². The van der Waals surface area contributed by atoms with Gasteiger partial charge >= 0.3 is 0 Å². The predicted octanol–water partition coefficient (Wildman–Crippen LogP) is 5.15.